The van der Waals surface area contributed by atoms with Crippen LogP contribution in [0.3, 0.4) is 0 Å². The normalized spacial score (nSPS) is 12.5. The number of pyridine rings is 2. The minimum Gasteiger partial charge on any atom is -0.271 e. The van der Waals surface area contributed by atoms with Crippen LogP contribution in [0.25, 0.3) is 10.9 Å². The zero-order valence-electron chi connectivity index (χ0n) is 11.2. The van der Waals surface area contributed by atoms with Gasteiger partial charge in [0, 0.05) is 23.3 Å². The predicted octanol–water partition coefficient (Wildman–Crippen LogP) is 2.49. The minimum absolute atomic E-state index is 0.173. The maximum absolute atomic E-state index is 5.76. The first kappa shape index (κ1) is 12.7. The lowest BCUT2D eigenvalue weighted by molar-refractivity contribution is 0.623. The Bertz CT molecular complexity index is 734. The van der Waals surface area contributed by atoms with E-state index in [1.54, 1.807) is 12.4 Å². The summed E-state index contributed by atoms with van der Waals surface area (Å²) < 4.78 is 0. The number of aromatic nitrogens is 2. The Kier molecular flexibility index (Phi) is 3.41. The minimum atomic E-state index is -0.173. The van der Waals surface area contributed by atoms with Crippen molar-refractivity contribution < 1.29 is 0 Å². The smallest absolute Gasteiger partial charge is 0.0902 e. The Morgan fingerprint density at radius 2 is 1.90 bits per heavy atom. The van der Waals surface area contributed by atoms with Crippen molar-refractivity contribution in [3.05, 3.63) is 71.7 Å². The van der Waals surface area contributed by atoms with Crippen LogP contribution in [0.5, 0.6) is 0 Å². The van der Waals surface area contributed by atoms with Gasteiger partial charge < -0.3 is 0 Å². The number of aryl methyl sites for hydroxylation is 1. The first-order valence-corrected chi connectivity index (χ1v) is 6.52. The van der Waals surface area contributed by atoms with E-state index in [2.05, 4.69) is 15.4 Å². The highest BCUT2D eigenvalue weighted by atomic mass is 15.2. The van der Waals surface area contributed by atoms with Crippen LogP contribution in [0.1, 0.15) is 22.9 Å². The second-order valence-electron chi connectivity index (χ2n) is 4.78. The summed E-state index contributed by atoms with van der Waals surface area (Å²) in [5.74, 6) is 5.76. The molecule has 1 atom stereocenters. The maximum atomic E-state index is 5.76. The number of rotatable bonds is 3. The summed E-state index contributed by atoms with van der Waals surface area (Å²) >= 11 is 0. The van der Waals surface area contributed by atoms with E-state index < -0.39 is 0 Å². The zero-order valence-corrected chi connectivity index (χ0v) is 11.2. The molecular weight excluding hydrogens is 248 g/mol. The number of nitrogens with zero attached hydrogens (tertiary/aromatic N) is 2. The molecule has 0 radical (unpaired) electrons. The molecule has 20 heavy (non-hydrogen) atoms. The Labute approximate surface area is 117 Å². The molecule has 0 spiro atoms. The number of hydrazine groups is 1. The monoisotopic (exact) mass is 264 g/mol. The number of benzene rings is 1. The molecule has 0 aliphatic carbocycles. The number of nitrogens with one attached hydrogen (secondary N) is 1. The summed E-state index contributed by atoms with van der Waals surface area (Å²) in [7, 11) is 0. The SMILES string of the molecule is Cc1ccnc(C(NN)c2cccc3cccnc23)c1. The van der Waals surface area contributed by atoms with Gasteiger partial charge in [0.2, 0.25) is 0 Å². The summed E-state index contributed by atoms with van der Waals surface area (Å²) in [4.78, 5) is 8.90. The van der Waals surface area contributed by atoms with Crippen LogP contribution in [-0.4, -0.2) is 9.97 Å². The lowest BCUT2D eigenvalue weighted by Gasteiger charge is -2.17. The molecule has 3 rings (SSSR count). The largest absolute Gasteiger partial charge is 0.271 e. The van der Waals surface area contributed by atoms with Gasteiger partial charge in [-0.25, -0.2) is 5.43 Å². The number of hydrogen-bond acceptors (Lipinski definition) is 4. The third kappa shape index (κ3) is 2.27. The van der Waals surface area contributed by atoms with Gasteiger partial charge in [-0.05, 0) is 30.7 Å². The molecule has 1 unspecified atom stereocenters. The molecule has 0 saturated carbocycles. The van der Waals surface area contributed by atoms with E-state index >= 15 is 0 Å². The lowest BCUT2D eigenvalue weighted by Crippen LogP contribution is -2.29. The fraction of sp³-hybridized carbons (Fsp3) is 0.125. The summed E-state index contributed by atoms with van der Waals surface area (Å²) in [5.41, 5.74) is 6.88. The Balaban J connectivity index is 2.17. The van der Waals surface area contributed by atoms with Crippen molar-refractivity contribution in [2.45, 2.75) is 13.0 Å². The van der Waals surface area contributed by atoms with Crippen LogP contribution >= 0.6 is 0 Å². The van der Waals surface area contributed by atoms with Crippen LogP contribution in [0.15, 0.2) is 54.9 Å². The average Bonchev–Trinajstić information content (AvgIpc) is 2.48. The Morgan fingerprint density at radius 1 is 1.05 bits per heavy atom. The third-order valence-electron chi connectivity index (χ3n) is 3.37. The fourth-order valence-electron chi connectivity index (χ4n) is 2.41. The van der Waals surface area contributed by atoms with Gasteiger partial charge in [-0.3, -0.25) is 15.8 Å². The molecule has 4 nitrogen and oxygen atoms in total. The molecule has 100 valence electrons. The number of hydrogen-bond donors (Lipinski definition) is 2. The van der Waals surface area contributed by atoms with Gasteiger partial charge in [0.1, 0.15) is 0 Å². The van der Waals surface area contributed by atoms with Crippen LogP contribution in [0, 0.1) is 6.92 Å². The molecule has 0 fully saturated rings. The Hall–Kier alpha value is -2.30. The highest BCUT2D eigenvalue weighted by Gasteiger charge is 2.17. The first-order valence-electron chi connectivity index (χ1n) is 6.52. The fourth-order valence-corrected chi connectivity index (χ4v) is 2.41. The van der Waals surface area contributed by atoms with Crippen molar-refractivity contribution in [3.8, 4) is 0 Å². The average molecular weight is 264 g/mol. The number of nitrogens with two attached hydrogens (primary N) is 1. The van der Waals surface area contributed by atoms with E-state index in [-0.39, 0.29) is 6.04 Å². The van der Waals surface area contributed by atoms with Crippen LogP contribution < -0.4 is 11.3 Å². The number of para-hydroxylation sites is 1. The van der Waals surface area contributed by atoms with Crippen LogP contribution in [0.4, 0.5) is 0 Å². The molecular formula is C16H16N4. The summed E-state index contributed by atoms with van der Waals surface area (Å²) in [6, 6.07) is 13.9. The van der Waals surface area contributed by atoms with Crippen molar-refractivity contribution in [2.75, 3.05) is 0 Å². The standard InChI is InChI=1S/C16H16N4/c1-11-7-9-18-14(10-11)16(20-17)13-6-2-4-12-5-3-8-19-15(12)13/h2-10,16,20H,17H2,1H3. The van der Waals surface area contributed by atoms with Crippen molar-refractivity contribution >= 4 is 10.9 Å². The van der Waals surface area contributed by atoms with Gasteiger partial charge in [-0.2, -0.15) is 0 Å². The van der Waals surface area contributed by atoms with Crippen LogP contribution in [-0.2, 0) is 0 Å². The molecule has 4 heteroatoms. The summed E-state index contributed by atoms with van der Waals surface area (Å²) in [5, 5.41) is 1.10. The molecule has 2 heterocycles. The highest BCUT2D eigenvalue weighted by Crippen LogP contribution is 2.26. The molecule has 0 bridgehead atoms. The van der Waals surface area contributed by atoms with Crippen molar-refractivity contribution in [2.24, 2.45) is 5.84 Å². The number of fused-ring (bicyclic) bond motifs is 1. The lowest BCUT2D eigenvalue weighted by atomic mass is 9.99. The second-order valence-corrected chi connectivity index (χ2v) is 4.78. The molecule has 0 aliphatic rings. The van der Waals surface area contributed by atoms with Gasteiger partial charge >= 0.3 is 0 Å². The van der Waals surface area contributed by atoms with Crippen LogP contribution in [0.2, 0.25) is 0 Å². The van der Waals surface area contributed by atoms with Crippen molar-refractivity contribution in [3.63, 3.8) is 0 Å². The maximum Gasteiger partial charge on any atom is 0.0902 e. The van der Waals surface area contributed by atoms with Crippen molar-refractivity contribution in [1.82, 2.24) is 15.4 Å². The Morgan fingerprint density at radius 3 is 2.70 bits per heavy atom. The molecule has 2 aromatic heterocycles. The predicted molar refractivity (Wildman–Crippen MR) is 79.9 cm³/mol. The summed E-state index contributed by atoms with van der Waals surface area (Å²) in [6.45, 7) is 2.04. The van der Waals surface area contributed by atoms with Gasteiger partial charge in [-0.15, -0.1) is 0 Å². The van der Waals surface area contributed by atoms with Crippen molar-refractivity contribution in [1.29, 1.82) is 0 Å². The summed E-state index contributed by atoms with van der Waals surface area (Å²) in [6.07, 6.45) is 3.59. The van der Waals surface area contributed by atoms with E-state index in [0.717, 1.165) is 27.7 Å². The molecule has 0 aliphatic heterocycles. The van der Waals surface area contributed by atoms with E-state index in [0.29, 0.717) is 0 Å². The highest BCUT2D eigenvalue weighted by molar-refractivity contribution is 5.82. The quantitative estimate of drug-likeness (QED) is 0.563. The molecule has 0 amide bonds. The second kappa shape index (κ2) is 5.36. The molecule has 1 aromatic carbocycles. The van der Waals surface area contributed by atoms with Gasteiger partial charge in [-0.1, -0.05) is 24.3 Å². The van der Waals surface area contributed by atoms with Gasteiger partial charge in [0.05, 0.1) is 17.3 Å². The van der Waals surface area contributed by atoms with Gasteiger partial charge in [0.15, 0.2) is 0 Å². The molecule has 3 N–H and O–H groups in total. The zero-order chi connectivity index (χ0) is 13.9. The van der Waals surface area contributed by atoms with Gasteiger partial charge in [0.25, 0.3) is 0 Å². The van der Waals surface area contributed by atoms with E-state index in [1.165, 1.54) is 0 Å². The molecule has 3 aromatic rings. The molecule has 0 saturated heterocycles. The first-order chi connectivity index (χ1) is 9.79. The van der Waals surface area contributed by atoms with E-state index in [1.807, 2.05) is 49.4 Å². The van der Waals surface area contributed by atoms with E-state index in [9.17, 15) is 0 Å². The van der Waals surface area contributed by atoms with E-state index in [4.69, 9.17) is 5.84 Å². The topological polar surface area (TPSA) is 63.8 Å². The third-order valence-corrected chi connectivity index (χ3v) is 3.37.